The van der Waals surface area contributed by atoms with Crippen LogP contribution in [0.2, 0.25) is 20.4 Å². The highest BCUT2D eigenvalue weighted by molar-refractivity contribution is 6.55. The molecular formula is C85H96Cl6F2N6O16. The number of esters is 4. The number of cyclic esters (lactones) is 2. The zero-order chi connectivity index (χ0) is 83.9. The highest BCUT2D eigenvalue weighted by Crippen LogP contribution is 2.50. The highest BCUT2D eigenvalue weighted by atomic mass is 35.5. The van der Waals surface area contributed by atoms with Crippen LogP contribution in [0.4, 0.5) is 13.6 Å². The monoisotopic (exact) mass is 1700 g/mol. The molecule has 3 aromatic heterocycles. The quantitative estimate of drug-likeness (QED) is 0.0247. The average molecular weight is 1710 g/mol. The number of hydrogen-bond acceptors (Lipinski definition) is 21. The summed E-state index contributed by atoms with van der Waals surface area (Å²) in [6.07, 6.45) is 13.0. The predicted octanol–water partition coefficient (Wildman–Crippen LogP) is 18.5. The second-order valence-electron chi connectivity index (χ2n) is 29.6. The molecule has 2 N–H and O–H groups in total. The molecule has 618 valence electrons. The number of aryl methyl sites for hydroxylation is 6. The Hall–Kier alpha value is -9.01. The molecule has 0 atom stereocenters. The van der Waals surface area contributed by atoms with Gasteiger partial charge in [-0.1, -0.05) is 150 Å². The molecule has 1 amide bonds. The maximum Gasteiger partial charge on any atom is 0.513 e. The molecule has 6 aromatic rings. The third-order valence-electron chi connectivity index (χ3n) is 19.0. The first-order chi connectivity index (χ1) is 54.6. The SMILES string of the molecule is CCOC(=O)OC1=C(c2cc(C)ccc2C)C(=O)NC12CCC(CO)CC2.CN(Cc1ccc(Cl)nc1)C1=CC(=O)OC1.Cc1cc(C)c(C2=C(OC(=O)CC(C)(C)C)C3(CCCC3)OC2=O)c(C)c1.Cc1ccc(OCCCOc2c(Cl)cc(OCC=C(Cl)Cl)cc2Cl)nc1.O=C1C=C(N(Cc2ccc(Cl)nc2)CC(F)F)CO1. The van der Waals surface area contributed by atoms with Gasteiger partial charge in [-0.25, -0.2) is 42.9 Å². The number of nitrogens with zero attached hydrogens (tertiary/aromatic N) is 5. The lowest BCUT2D eigenvalue weighted by Crippen LogP contribution is -2.48. The molecule has 7 heterocycles. The Morgan fingerprint density at radius 2 is 1.30 bits per heavy atom. The van der Waals surface area contributed by atoms with E-state index in [9.17, 15) is 42.7 Å². The van der Waals surface area contributed by atoms with Crippen molar-refractivity contribution in [2.75, 3.05) is 59.8 Å². The van der Waals surface area contributed by atoms with Gasteiger partial charge in [0.05, 0.1) is 65.3 Å². The Balaban J connectivity index is 0.000000182. The average Bonchev–Trinajstić information content (AvgIpc) is 1.60. The third kappa shape index (κ3) is 27.0. The van der Waals surface area contributed by atoms with Gasteiger partial charge in [0.1, 0.15) is 51.7 Å². The molecule has 4 aliphatic heterocycles. The lowest BCUT2D eigenvalue weighted by atomic mass is 9.75. The lowest BCUT2D eigenvalue weighted by molar-refractivity contribution is -0.153. The van der Waals surface area contributed by atoms with Crippen LogP contribution in [0.5, 0.6) is 17.4 Å². The van der Waals surface area contributed by atoms with Gasteiger partial charge in [0.15, 0.2) is 17.1 Å². The molecule has 30 heteroatoms. The summed E-state index contributed by atoms with van der Waals surface area (Å²) in [6.45, 7) is 21.8. The molecule has 2 saturated carbocycles. The molecule has 12 rings (SSSR count). The topological polar surface area (TPSA) is 263 Å². The van der Waals surface area contributed by atoms with E-state index in [0.29, 0.717) is 131 Å². The zero-order valence-corrected chi connectivity index (χ0v) is 70.6. The summed E-state index contributed by atoms with van der Waals surface area (Å²) < 4.78 is 73.8. The van der Waals surface area contributed by atoms with Gasteiger partial charge < -0.3 is 62.9 Å². The molecule has 2 aliphatic carbocycles. The number of amides is 1. The number of benzene rings is 3. The second-order valence-corrected chi connectivity index (χ2v) is 32.2. The number of rotatable bonds is 24. The van der Waals surface area contributed by atoms with Crippen molar-refractivity contribution in [3.8, 4) is 17.4 Å². The number of carbonyl (C=O) groups is 6. The van der Waals surface area contributed by atoms with Gasteiger partial charge in [0.2, 0.25) is 5.88 Å². The summed E-state index contributed by atoms with van der Waals surface area (Å²) in [7, 11) is 1.91. The molecule has 0 unspecified atom stereocenters. The summed E-state index contributed by atoms with van der Waals surface area (Å²) in [4.78, 5) is 88.0. The minimum Gasteiger partial charge on any atom is -0.490 e. The van der Waals surface area contributed by atoms with Crippen molar-refractivity contribution in [2.24, 2.45) is 11.3 Å². The van der Waals surface area contributed by atoms with Crippen LogP contribution in [0.25, 0.3) is 11.1 Å². The Morgan fingerprint density at radius 3 is 1.83 bits per heavy atom. The van der Waals surface area contributed by atoms with E-state index in [1.807, 2.05) is 111 Å². The molecule has 115 heavy (non-hydrogen) atoms. The fourth-order valence-electron chi connectivity index (χ4n) is 13.5. The van der Waals surface area contributed by atoms with Gasteiger partial charge in [-0.15, -0.1) is 0 Å². The number of ether oxygens (including phenoxy) is 9. The van der Waals surface area contributed by atoms with E-state index >= 15 is 0 Å². The van der Waals surface area contributed by atoms with Crippen molar-refractivity contribution in [3.63, 3.8) is 0 Å². The number of pyridine rings is 3. The van der Waals surface area contributed by atoms with Crippen molar-refractivity contribution >= 4 is 117 Å². The largest absolute Gasteiger partial charge is 0.513 e. The van der Waals surface area contributed by atoms with E-state index in [0.717, 1.165) is 87.0 Å². The number of halogens is 8. The Labute approximate surface area is 699 Å². The molecule has 2 spiro atoms. The van der Waals surface area contributed by atoms with Crippen molar-refractivity contribution in [2.45, 2.75) is 164 Å². The van der Waals surface area contributed by atoms with Gasteiger partial charge in [-0.3, -0.25) is 9.59 Å². The molecule has 0 bridgehead atoms. The van der Waals surface area contributed by atoms with Crippen LogP contribution in [0.15, 0.2) is 143 Å². The molecule has 6 aliphatic rings. The maximum atomic E-state index is 13.0. The van der Waals surface area contributed by atoms with Crippen LogP contribution in [-0.4, -0.2) is 143 Å². The second kappa shape index (κ2) is 42.7. The Bertz CT molecular complexity index is 4550. The fraction of sp³-hybridized carbons (Fsp3) is 0.424. The Morgan fingerprint density at radius 1 is 0.696 bits per heavy atom. The number of aliphatic hydroxyl groups is 1. The van der Waals surface area contributed by atoms with E-state index in [1.54, 1.807) is 49.6 Å². The number of hydrogen-bond donors (Lipinski definition) is 2. The van der Waals surface area contributed by atoms with E-state index < -0.39 is 36.2 Å². The van der Waals surface area contributed by atoms with Crippen LogP contribution < -0.4 is 19.5 Å². The van der Waals surface area contributed by atoms with E-state index in [-0.39, 0.29) is 72.6 Å². The van der Waals surface area contributed by atoms with E-state index in [1.165, 1.54) is 29.3 Å². The van der Waals surface area contributed by atoms with Crippen molar-refractivity contribution < 1.29 is 85.3 Å². The first-order valence-corrected chi connectivity index (χ1v) is 39.7. The smallest absolute Gasteiger partial charge is 0.490 e. The van der Waals surface area contributed by atoms with Crippen molar-refractivity contribution in [1.82, 2.24) is 30.1 Å². The molecule has 3 aromatic carbocycles. The first kappa shape index (κ1) is 91.5. The van der Waals surface area contributed by atoms with E-state index in [2.05, 4.69) is 32.4 Å². The summed E-state index contributed by atoms with van der Waals surface area (Å²) >= 11 is 34.8. The third-order valence-corrected chi connectivity index (χ3v) is 20.3. The Kier molecular flexibility index (Phi) is 34.0. The summed E-state index contributed by atoms with van der Waals surface area (Å²) in [5.41, 5.74) is 10.1. The standard InChI is InChI=1S/C23H30O4.C21H27NO5.C18H17Cl4NO3.C12H11ClF2N2O2.C11H11ClN2O2/c1-14-11-15(2)18(16(3)12-14)19-20(26-17(24)13-22(4,5)6)23(27-21(19)25)9-7-8-10-23;1-4-26-20(25)27-18-17(16-11-13(2)5-6-14(16)3)19(24)22-21(18)9-7-15(12-23)8-10-21;1-12-3-4-17(23-11-12)25-6-2-7-26-18-14(19)9-13(10-15(18)20)24-8-5-16(21)22;13-10-2-1-8(4-16-10)5-17(6-11(14)15)9-3-12(18)19-7-9;1-14(9-4-11(15)16-7-9)6-8-2-3-10(12)13-5-8/h11-12H,7-10,13H2,1-6H3;5-6,11,15,23H,4,7-10,12H2,1-3H3,(H,22,24);3-5,9-11H,2,6-8H2,1H3;1-4,11H,5-7H2;2-5H,6-7H2,1H3. The lowest BCUT2D eigenvalue weighted by Gasteiger charge is -2.37. The normalized spacial score (nSPS) is 17.1. The summed E-state index contributed by atoms with van der Waals surface area (Å²) in [5, 5.41) is 14.1. The maximum absolute atomic E-state index is 13.0. The number of aliphatic hydroxyl groups excluding tert-OH is 1. The number of aromatic nitrogens is 3. The molecule has 0 saturated heterocycles. The van der Waals surface area contributed by atoms with Gasteiger partial charge >= 0.3 is 30.0 Å². The first-order valence-electron chi connectivity index (χ1n) is 37.5. The summed E-state index contributed by atoms with van der Waals surface area (Å²) in [6, 6.07) is 23.9. The van der Waals surface area contributed by atoms with Crippen molar-refractivity contribution in [1.29, 1.82) is 0 Å². The molecule has 22 nitrogen and oxygen atoms in total. The molecule has 0 radical (unpaired) electrons. The van der Waals surface area contributed by atoms with Crippen LogP contribution in [0.1, 0.15) is 148 Å². The van der Waals surface area contributed by atoms with Crippen LogP contribution in [0.3, 0.4) is 0 Å². The number of likely N-dealkylation sites (N-methyl/N-ethyl adjacent to an activating group) is 1. The van der Waals surface area contributed by atoms with Crippen LogP contribution >= 0.6 is 69.6 Å². The number of carbonyl (C=O) groups excluding carboxylic acids is 6. The predicted molar refractivity (Wildman–Crippen MR) is 437 cm³/mol. The number of alkyl halides is 2. The highest BCUT2D eigenvalue weighted by Gasteiger charge is 2.53. The van der Waals surface area contributed by atoms with Gasteiger partial charge in [0, 0.05) is 82.1 Å². The summed E-state index contributed by atoms with van der Waals surface area (Å²) in [5.74, 6) is 0.787. The van der Waals surface area contributed by atoms with Gasteiger partial charge in [-0.2, -0.15) is 0 Å². The molecule has 2 fully saturated rings. The minimum absolute atomic E-state index is 0.0204. The van der Waals surface area contributed by atoms with Crippen LogP contribution in [-0.2, 0) is 65.5 Å². The minimum atomic E-state index is -2.50. The van der Waals surface area contributed by atoms with E-state index in [4.69, 9.17) is 112 Å². The van der Waals surface area contributed by atoms with Crippen molar-refractivity contribution in [3.05, 3.63) is 219 Å². The zero-order valence-electron chi connectivity index (χ0n) is 66.1. The van der Waals surface area contributed by atoms with Crippen LogP contribution in [0, 0.1) is 52.9 Å². The van der Waals surface area contributed by atoms with Gasteiger partial charge in [-0.05, 0) is 174 Å². The molecular weight excluding hydrogens is 1610 g/mol. The fourth-order valence-corrected chi connectivity index (χ4v) is 14.4. The van der Waals surface area contributed by atoms with Gasteiger partial charge in [0.25, 0.3) is 12.3 Å². The number of nitrogens with one attached hydrogen (secondary N) is 1.